The third kappa shape index (κ3) is 7.02. The highest BCUT2D eigenvalue weighted by Gasteiger charge is 2.16. The molecule has 17 heavy (non-hydrogen) atoms. The van der Waals surface area contributed by atoms with Crippen molar-refractivity contribution in [3.8, 4) is 0 Å². The van der Waals surface area contributed by atoms with Crippen molar-refractivity contribution in [2.45, 2.75) is 33.6 Å². The minimum absolute atomic E-state index is 0.763. The normalized spacial score (nSPS) is 27.7. The highest BCUT2D eigenvalue weighted by atomic mass is 16.5. The van der Waals surface area contributed by atoms with Crippen molar-refractivity contribution in [1.82, 2.24) is 10.2 Å². The average molecular weight is 242 g/mol. The molecule has 0 aromatic carbocycles. The second kappa shape index (κ2) is 8.90. The first-order valence-electron chi connectivity index (χ1n) is 7.23. The van der Waals surface area contributed by atoms with Crippen LogP contribution in [-0.4, -0.2) is 50.8 Å². The van der Waals surface area contributed by atoms with Gasteiger partial charge in [0.2, 0.25) is 0 Å². The molecule has 0 amide bonds. The van der Waals surface area contributed by atoms with Crippen LogP contribution in [0, 0.1) is 11.8 Å². The number of hydrogen-bond donors (Lipinski definition) is 1. The second-order valence-electron chi connectivity index (χ2n) is 5.59. The summed E-state index contributed by atoms with van der Waals surface area (Å²) in [6.45, 7) is 14.6. The largest absolute Gasteiger partial charge is 0.381 e. The Hall–Kier alpha value is -0.120. The molecule has 3 nitrogen and oxygen atoms in total. The summed E-state index contributed by atoms with van der Waals surface area (Å²) in [5.74, 6) is 1.53. The summed E-state index contributed by atoms with van der Waals surface area (Å²) in [5.41, 5.74) is 0. The fourth-order valence-corrected chi connectivity index (χ4v) is 2.48. The highest BCUT2D eigenvalue weighted by Crippen LogP contribution is 2.08. The van der Waals surface area contributed by atoms with Crippen LogP contribution in [0.2, 0.25) is 0 Å². The molecule has 1 rings (SSSR count). The summed E-state index contributed by atoms with van der Waals surface area (Å²) in [7, 11) is 0. The van der Waals surface area contributed by atoms with Gasteiger partial charge in [-0.1, -0.05) is 20.8 Å². The summed E-state index contributed by atoms with van der Waals surface area (Å²) in [4.78, 5) is 2.62. The van der Waals surface area contributed by atoms with Gasteiger partial charge < -0.3 is 15.0 Å². The second-order valence-corrected chi connectivity index (χ2v) is 5.59. The summed E-state index contributed by atoms with van der Waals surface area (Å²) in [5, 5.41) is 3.54. The first-order chi connectivity index (χ1) is 8.22. The number of nitrogens with one attached hydrogen (secondary N) is 1. The Bertz CT molecular complexity index is 175. The lowest BCUT2D eigenvalue weighted by atomic mass is 10.1. The van der Waals surface area contributed by atoms with Crippen molar-refractivity contribution >= 4 is 0 Å². The van der Waals surface area contributed by atoms with Crippen LogP contribution in [0.25, 0.3) is 0 Å². The Kier molecular flexibility index (Phi) is 7.82. The van der Waals surface area contributed by atoms with E-state index in [4.69, 9.17) is 4.74 Å². The summed E-state index contributed by atoms with van der Waals surface area (Å²) < 4.78 is 5.54. The van der Waals surface area contributed by atoms with E-state index in [0.717, 1.165) is 44.6 Å². The first kappa shape index (κ1) is 14.9. The van der Waals surface area contributed by atoms with Gasteiger partial charge in [-0.05, 0) is 37.8 Å². The monoisotopic (exact) mass is 242 g/mol. The summed E-state index contributed by atoms with van der Waals surface area (Å²) in [6.07, 6.45) is 2.30. The predicted octanol–water partition coefficient (Wildman–Crippen LogP) is 1.98. The van der Waals surface area contributed by atoms with E-state index in [1.165, 1.54) is 26.1 Å². The molecule has 0 radical (unpaired) electrons. The molecule has 2 atom stereocenters. The number of rotatable bonds is 6. The van der Waals surface area contributed by atoms with Crippen LogP contribution in [0.15, 0.2) is 0 Å². The van der Waals surface area contributed by atoms with E-state index in [-0.39, 0.29) is 0 Å². The molecule has 1 saturated heterocycles. The minimum atomic E-state index is 0.763. The van der Waals surface area contributed by atoms with Gasteiger partial charge >= 0.3 is 0 Å². The maximum absolute atomic E-state index is 5.54. The van der Waals surface area contributed by atoms with E-state index in [1.54, 1.807) is 0 Å². The molecule has 102 valence electrons. The van der Waals surface area contributed by atoms with Crippen LogP contribution in [0.4, 0.5) is 0 Å². The zero-order valence-corrected chi connectivity index (χ0v) is 11.9. The van der Waals surface area contributed by atoms with Gasteiger partial charge in [-0.15, -0.1) is 0 Å². The average Bonchev–Trinajstić information content (AvgIpc) is 2.26. The molecule has 0 aromatic heterocycles. The maximum Gasteiger partial charge on any atom is 0.0478 e. The van der Waals surface area contributed by atoms with Crippen molar-refractivity contribution in [1.29, 1.82) is 0 Å². The molecule has 0 saturated carbocycles. The topological polar surface area (TPSA) is 24.5 Å². The van der Waals surface area contributed by atoms with E-state index in [0.29, 0.717) is 0 Å². The number of ether oxygens (including phenoxy) is 1. The van der Waals surface area contributed by atoms with Crippen LogP contribution < -0.4 is 5.32 Å². The zero-order chi connectivity index (χ0) is 12.5. The van der Waals surface area contributed by atoms with Crippen LogP contribution in [-0.2, 0) is 4.74 Å². The van der Waals surface area contributed by atoms with Gasteiger partial charge in [0.1, 0.15) is 0 Å². The Morgan fingerprint density at radius 3 is 2.35 bits per heavy atom. The van der Waals surface area contributed by atoms with E-state index < -0.39 is 0 Å². The van der Waals surface area contributed by atoms with E-state index >= 15 is 0 Å². The van der Waals surface area contributed by atoms with Gasteiger partial charge in [-0.3, -0.25) is 0 Å². The molecule has 3 heteroatoms. The highest BCUT2D eigenvalue weighted by molar-refractivity contribution is 4.72. The van der Waals surface area contributed by atoms with Gasteiger partial charge in [0.05, 0.1) is 0 Å². The van der Waals surface area contributed by atoms with E-state index in [1.807, 2.05) is 0 Å². The Morgan fingerprint density at radius 1 is 1.12 bits per heavy atom. The van der Waals surface area contributed by atoms with Crippen LogP contribution >= 0.6 is 0 Å². The Morgan fingerprint density at radius 2 is 1.76 bits per heavy atom. The lowest BCUT2D eigenvalue weighted by Crippen LogP contribution is -2.43. The summed E-state index contributed by atoms with van der Waals surface area (Å²) >= 11 is 0. The van der Waals surface area contributed by atoms with E-state index in [9.17, 15) is 0 Å². The lowest BCUT2D eigenvalue weighted by molar-refractivity contribution is 0.112. The quantitative estimate of drug-likeness (QED) is 0.721. The molecule has 0 aromatic rings. The fourth-order valence-electron chi connectivity index (χ4n) is 2.48. The number of nitrogens with zero attached hydrogens (tertiary/aromatic N) is 1. The molecule has 1 aliphatic heterocycles. The Labute approximate surface area is 107 Å². The van der Waals surface area contributed by atoms with Gasteiger partial charge in [-0.25, -0.2) is 0 Å². The predicted molar refractivity (Wildman–Crippen MR) is 73.4 cm³/mol. The molecule has 2 unspecified atom stereocenters. The Balaban J connectivity index is 2.18. The smallest absolute Gasteiger partial charge is 0.0478 e. The molecule has 1 fully saturated rings. The minimum Gasteiger partial charge on any atom is -0.381 e. The van der Waals surface area contributed by atoms with Crippen molar-refractivity contribution < 1.29 is 4.74 Å². The third-order valence-corrected chi connectivity index (χ3v) is 3.24. The first-order valence-corrected chi connectivity index (χ1v) is 7.23. The molecule has 0 aliphatic carbocycles. The van der Waals surface area contributed by atoms with Crippen LogP contribution in [0.3, 0.4) is 0 Å². The molecule has 1 heterocycles. The third-order valence-electron chi connectivity index (χ3n) is 3.24. The molecule has 0 bridgehead atoms. The van der Waals surface area contributed by atoms with Gasteiger partial charge in [0, 0.05) is 32.8 Å². The standard InChI is InChI=1S/C14H30N2O/c1-4-7-17-8-5-6-16-11-13(2)9-15-10-14(3)12-16/h13-15H,4-12H2,1-3H3. The van der Waals surface area contributed by atoms with Crippen molar-refractivity contribution in [2.24, 2.45) is 11.8 Å². The fraction of sp³-hybridized carbons (Fsp3) is 1.00. The van der Waals surface area contributed by atoms with Crippen molar-refractivity contribution in [3.63, 3.8) is 0 Å². The van der Waals surface area contributed by atoms with Crippen LogP contribution in [0.5, 0.6) is 0 Å². The molecular formula is C14H30N2O. The lowest BCUT2D eigenvalue weighted by Gasteiger charge is -2.31. The molecule has 0 spiro atoms. The molecular weight excluding hydrogens is 212 g/mol. The molecule has 1 N–H and O–H groups in total. The van der Waals surface area contributed by atoms with E-state index in [2.05, 4.69) is 31.0 Å². The van der Waals surface area contributed by atoms with Crippen molar-refractivity contribution in [3.05, 3.63) is 0 Å². The molecule has 1 aliphatic rings. The van der Waals surface area contributed by atoms with Gasteiger partial charge in [0.15, 0.2) is 0 Å². The zero-order valence-electron chi connectivity index (χ0n) is 11.9. The van der Waals surface area contributed by atoms with Gasteiger partial charge in [-0.2, -0.15) is 0 Å². The SMILES string of the molecule is CCCOCCCN1CC(C)CNCC(C)C1. The maximum atomic E-state index is 5.54. The number of hydrogen-bond acceptors (Lipinski definition) is 3. The van der Waals surface area contributed by atoms with Gasteiger partial charge in [0.25, 0.3) is 0 Å². The summed E-state index contributed by atoms with van der Waals surface area (Å²) in [6, 6.07) is 0. The van der Waals surface area contributed by atoms with Crippen molar-refractivity contribution in [2.75, 3.05) is 45.9 Å². The van der Waals surface area contributed by atoms with Crippen LogP contribution in [0.1, 0.15) is 33.6 Å².